The number of anilines is 1. The highest BCUT2D eigenvalue weighted by atomic mass is 79.9. The topological polar surface area (TPSA) is 32.6 Å². The first-order valence-electron chi connectivity index (χ1n) is 7.10. The smallest absolute Gasteiger partial charge is 0.132 e. The van der Waals surface area contributed by atoms with Crippen LogP contribution in [-0.2, 0) is 5.41 Å². The molecule has 0 aliphatic carbocycles. The molecule has 3 rings (SSSR count). The lowest BCUT2D eigenvalue weighted by molar-refractivity contribution is 0.542. The van der Waals surface area contributed by atoms with Crippen LogP contribution in [0, 0.1) is 0 Å². The van der Waals surface area contributed by atoms with Crippen molar-refractivity contribution in [2.75, 3.05) is 31.1 Å². The summed E-state index contributed by atoms with van der Waals surface area (Å²) >= 11 is 3.61. The van der Waals surface area contributed by atoms with Crippen LogP contribution >= 0.6 is 15.9 Å². The van der Waals surface area contributed by atoms with Gasteiger partial charge < -0.3 is 14.6 Å². The van der Waals surface area contributed by atoms with Crippen LogP contribution in [0.15, 0.2) is 22.9 Å². The van der Waals surface area contributed by atoms with Gasteiger partial charge >= 0.3 is 0 Å². The molecule has 5 heteroatoms. The van der Waals surface area contributed by atoms with E-state index in [9.17, 15) is 0 Å². The van der Waals surface area contributed by atoms with E-state index in [2.05, 4.69) is 69.6 Å². The van der Waals surface area contributed by atoms with E-state index in [1.165, 1.54) is 5.69 Å². The van der Waals surface area contributed by atoms with Gasteiger partial charge in [-0.2, -0.15) is 0 Å². The Labute approximate surface area is 128 Å². The number of halogens is 1. The molecule has 2 aromatic heterocycles. The summed E-state index contributed by atoms with van der Waals surface area (Å²) in [5, 5.41) is 3.39. The van der Waals surface area contributed by atoms with Crippen LogP contribution in [-0.4, -0.2) is 35.6 Å². The highest BCUT2D eigenvalue weighted by molar-refractivity contribution is 9.10. The second-order valence-corrected chi connectivity index (χ2v) is 7.10. The minimum atomic E-state index is 0.0332. The van der Waals surface area contributed by atoms with Gasteiger partial charge in [-0.3, -0.25) is 0 Å². The van der Waals surface area contributed by atoms with Gasteiger partial charge in [0.25, 0.3) is 0 Å². The molecular formula is C15H21BrN4. The predicted molar refractivity (Wildman–Crippen MR) is 86.7 cm³/mol. The van der Waals surface area contributed by atoms with Crippen LogP contribution in [0.3, 0.4) is 0 Å². The molecule has 0 spiro atoms. The van der Waals surface area contributed by atoms with E-state index in [-0.39, 0.29) is 5.41 Å². The Balaban J connectivity index is 2.05. The van der Waals surface area contributed by atoms with Crippen LogP contribution in [0.4, 0.5) is 5.69 Å². The Morgan fingerprint density at radius 1 is 1.25 bits per heavy atom. The quantitative estimate of drug-likeness (QED) is 0.869. The molecule has 0 radical (unpaired) electrons. The van der Waals surface area contributed by atoms with Gasteiger partial charge in [-0.15, -0.1) is 0 Å². The second-order valence-electron chi connectivity index (χ2n) is 6.35. The first-order chi connectivity index (χ1) is 9.47. The van der Waals surface area contributed by atoms with Crippen LogP contribution in [0.1, 0.15) is 26.6 Å². The summed E-state index contributed by atoms with van der Waals surface area (Å²) in [6, 6.07) is 4.43. The number of hydrogen-bond acceptors (Lipinski definition) is 3. The van der Waals surface area contributed by atoms with Gasteiger partial charge in [0.15, 0.2) is 0 Å². The zero-order chi connectivity index (χ0) is 14.3. The van der Waals surface area contributed by atoms with Crippen molar-refractivity contribution >= 4 is 27.1 Å². The number of piperazine rings is 1. The minimum Gasteiger partial charge on any atom is -0.369 e. The number of pyridine rings is 1. The number of nitrogens with zero attached hydrogens (tertiary/aromatic N) is 3. The molecule has 0 unspecified atom stereocenters. The number of imidazole rings is 1. The van der Waals surface area contributed by atoms with Gasteiger partial charge in [-0.05, 0) is 28.1 Å². The summed E-state index contributed by atoms with van der Waals surface area (Å²) in [6.45, 7) is 10.8. The summed E-state index contributed by atoms with van der Waals surface area (Å²) in [6.07, 6.45) is 2.14. The molecule has 1 saturated heterocycles. The Morgan fingerprint density at radius 2 is 1.95 bits per heavy atom. The van der Waals surface area contributed by atoms with E-state index in [1.807, 2.05) is 0 Å². The summed E-state index contributed by atoms with van der Waals surface area (Å²) in [5.41, 5.74) is 2.46. The van der Waals surface area contributed by atoms with Crippen LogP contribution in [0.2, 0.25) is 0 Å². The monoisotopic (exact) mass is 336 g/mol. The van der Waals surface area contributed by atoms with Crippen LogP contribution < -0.4 is 10.2 Å². The lowest BCUT2D eigenvalue weighted by Crippen LogP contribution is -2.43. The maximum Gasteiger partial charge on any atom is 0.132 e. The molecule has 0 amide bonds. The summed E-state index contributed by atoms with van der Waals surface area (Å²) in [7, 11) is 0. The molecule has 0 atom stereocenters. The van der Waals surface area contributed by atoms with Gasteiger partial charge in [0.2, 0.25) is 0 Å². The number of fused-ring (bicyclic) bond motifs is 1. The SMILES string of the molecule is CC(C)(C)c1nc(Br)c2cc(N3CCNCC3)ccn12. The third-order valence-electron chi connectivity index (χ3n) is 3.74. The average molecular weight is 337 g/mol. The number of rotatable bonds is 1. The summed E-state index contributed by atoms with van der Waals surface area (Å²) in [5.74, 6) is 1.09. The highest BCUT2D eigenvalue weighted by Gasteiger charge is 2.22. The average Bonchev–Trinajstić information content (AvgIpc) is 2.77. The molecule has 3 heterocycles. The third-order valence-corrected chi connectivity index (χ3v) is 4.32. The third kappa shape index (κ3) is 2.44. The zero-order valence-corrected chi connectivity index (χ0v) is 13.9. The van der Waals surface area contributed by atoms with E-state index < -0.39 is 0 Å². The molecule has 0 saturated carbocycles. The molecule has 1 N–H and O–H groups in total. The van der Waals surface area contributed by atoms with E-state index >= 15 is 0 Å². The van der Waals surface area contributed by atoms with E-state index in [0.717, 1.165) is 42.1 Å². The molecule has 1 aliphatic rings. The van der Waals surface area contributed by atoms with Crippen LogP contribution in [0.5, 0.6) is 0 Å². The molecular weight excluding hydrogens is 316 g/mol. The number of hydrogen-bond donors (Lipinski definition) is 1. The van der Waals surface area contributed by atoms with E-state index in [0.29, 0.717) is 0 Å². The summed E-state index contributed by atoms with van der Waals surface area (Å²) < 4.78 is 3.12. The fourth-order valence-electron chi connectivity index (χ4n) is 2.69. The van der Waals surface area contributed by atoms with Gasteiger partial charge in [-0.25, -0.2) is 4.98 Å². The first-order valence-corrected chi connectivity index (χ1v) is 7.90. The fraction of sp³-hybridized carbons (Fsp3) is 0.533. The fourth-order valence-corrected chi connectivity index (χ4v) is 3.16. The molecule has 4 nitrogen and oxygen atoms in total. The van der Waals surface area contributed by atoms with Gasteiger partial charge in [0, 0.05) is 43.5 Å². The van der Waals surface area contributed by atoms with E-state index in [1.54, 1.807) is 0 Å². The van der Waals surface area contributed by atoms with Crippen LogP contribution in [0.25, 0.3) is 5.52 Å². The zero-order valence-electron chi connectivity index (χ0n) is 12.3. The Bertz CT molecular complexity index is 621. The van der Waals surface area contributed by atoms with Crippen molar-refractivity contribution in [1.82, 2.24) is 14.7 Å². The molecule has 2 aromatic rings. The van der Waals surface area contributed by atoms with E-state index in [4.69, 9.17) is 4.98 Å². The maximum absolute atomic E-state index is 4.70. The summed E-state index contributed by atoms with van der Waals surface area (Å²) in [4.78, 5) is 7.12. The molecule has 1 fully saturated rings. The molecule has 0 aromatic carbocycles. The minimum absolute atomic E-state index is 0.0332. The van der Waals surface area contributed by atoms with Crippen molar-refractivity contribution in [2.24, 2.45) is 0 Å². The number of nitrogens with one attached hydrogen (secondary N) is 1. The van der Waals surface area contributed by atoms with Gasteiger partial charge in [0.05, 0.1) is 5.52 Å². The van der Waals surface area contributed by atoms with Gasteiger partial charge in [-0.1, -0.05) is 20.8 Å². The lowest BCUT2D eigenvalue weighted by atomic mass is 9.96. The maximum atomic E-state index is 4.70. The number of aromatic nitrogens is 2. The molecule has 108 valence electrons. The highest BCUT2D eigenvalue weighted by Crippen LogP contribution is 2.29. The molecule has 1 aliphatic heterocycles. The molecule has 0 bridgehead atoms. The predicted octanol–water partition coefficient (Wildman–Crippen LogP) is 2.80. The van der Waals surface area contributed by atoms with Crippen molar-refractivity contribution in [3.8, 4) is 0 Å². The van der Waals surface area contributed by atoms with Crippen molar-refractivity contribution in [2.45, 2.75) is 26.2 Å². The van der Waals surface area contributed by atoms with Gasteiger partial charge in [0.1, 0.15) is 10.4 Å². The van der Waals surface area contributed by atoms with Crippen molar-refractivity contribution in [3.05, 3.63) is 28.8 Å². The molecule has 20 heavy (non-hydrogen) atoms. The van der Waals surface area contributed by atoms with Crippen molar-refractivity contribution < 1.29 is 0 Å². The largest absolute Gasteiger partial charge is 0.369 e. The Morgan fingerprint density at radius 3 is 2.60 bits per heavy atom. The Kier molecular flexibility index (Phi) is 3.50. The second kappa shape index (κ2) is 5.04. The van der Waals surface area contributed by atoms with Crippen molar-refractivity contribution in [3.63, 3.8) is 0 Å². The standard InChI is InChI=1S/C15H21BrN4/c1-15(2,3)14-18-13(16)12-10-11(4-7-20(12)14)19-8-5-17-6-9-19/h4,7,10,17H,5-6,8-9H2,1-3H3. The first kappa shape index (κ1) is 13.9. The normalized spacial score (nSPS) is 16.9. The lowest BCUT2D eigenvalue weighted by Gasteiger charge is -2.29. The van der Waals surface area contributed by atoms with Crippen molar-refractivity contribution in [1.29, 1.82) is 0 Å². The Hall–Kier alpha value is -1.07.